The fourth-order valence-corrected chi connectivity index (χ4v) is 3.97. The lowest BCUT2D eigenvalue weighted by Crippen LogP contribution is -2.51. The molecule has 0 saturated heterocycles. The molecule has 1 aliphatic carbocycles. The summed E-state index contributed by atoms with van der Waals surface area (Å²) in [6, 6.07) is 15.6. The summed E-state index contributed by atoms with van der Waals surface area (Å²) in [6.45, 7) is 0.687. The van der Waals surface area contributed by atoms with Gasteiger partial charge in [-0.1, -0.05) is 42.5 Å². The Labute approximate surface area is 183 Å². The molecule has 7 heteroatoms. The van der Waals surface area contributed by atoms with Crippen molar-refractivity contribution in [2.45, 2.75) is 44.2 Å². The molecule has 0 bridgehead atoms. The van der Waals surface area contributed by atoms with Gasteiger partial charge in [0, 0.05) is 23.6 Å². The molecule has 0 unspecified atom stereocenters. The average Bonchev–Trinajstić information content (AvgIpc) is 2.79. The summed E-state index contributed by atoms with van der Waals surface area (Å²) in [4.78, 5) is 26.0. The van der Waals surface area contributed by atoms with Gasteiger partial charge in [-0.2, -0.15) is 0 Å². The molecule has 7 N–H and O–H groups in total. The summed E-state index contributed by atoms with van der Waals surface area (Å²) in [5.74, 6) is -0.134. The van der Waals surface area contributed by atoms with E-state index in [4.69, 9.17) is 16.9 Å². The highest BCUT2D eigenvalue weighted by molar-refractivity contribution is 6.01. The highest BCUT2D eigenvalue weighted by atomic mass is 16.2. The van der Waals surface area contributed by atoms with Gasteiger partial charge in [-0.25, -0.2) is 0 Å². The fraction of sp³-hybridized carbons (Fsp3) is 0.375. The van der Waals surface area contributed by atoms with Gasteiger partial charge >= 0.3 is 0 Å². The van der Waals surface area contributed by atoms with Gasteiger partial charge < -0.3 is 22.1 Å². The molecule has 164 valence electrons. The largest absolute Gasteiger partial charge is 0.384 e. The Morgan fingerprint density at radius 1 is 1.00 bits per heavy atom. The first-order valence-corrected chi connectivity index (χ1v) is 10.8. The molecule has 0 aliphatic heterocycles. The lowest BCUT2D eigenvalue weighted by Gasteiger charge is -2.30. The normalized spacial score (nSPS) is 19.3. The first-order chi connectivity index (χ1) is 15.0. The predicted octanol–water partition coefficient (Wildman–Crippen LogP) is 1.95. The lowest BCUT2D eigenvalue weighted by atomic mass is 9.86. The van der Waals surface area contributed by atoms with Gasteiger partial charge in [0.15, 0.2) is 0 Å². The number of nitrogens with two attached hydrogens (primary N) is 2. The van der Waals surface area contributed by atoms with Gasteiger partial charge in [-0.15, -0.1) is 0 Å². The summed E-state index contributed by atoms with van der Waals surface area (Å²) in [5, 5.41) is 13.6. The van der Waals surface area contributed by atoms with E-state index in [-0.39, 0.29) is 23.7 Å². The van der Waals surface area contributed by atoms with Crippen molar-refractivity contribution in [2.75, 3.05) is 6.54 Å². The van der Waals surface area contributed by atoms with Gasteiger partial charge in [0.25, 0.3) is 5.91 Å². The van der Waals surface area contributed by atoms with Crippen LogP contribution in [0.2, 0.25) is 0 Å². The zero-order valence-electron chi connectivity index (χ0n) is 17.6. The minimum atomic E-state index is -0.705. The Bertz CT molecular complexity index is 907. The van der Waals surface area contributed by atoms with E-state index < -0.39 is 6.04 Å². The van der Waals surface area contributed by atoms with Gasteiger partial charge in [0.1, 0.15) is 11.9 Å². The molecular weight excluding hydrogens is 390 g/mol. The number of amidine groups is 1. The van der Waals surface area contributed by atoms with Crippen molar-refractivity contribution in [2.24, 2.45) is 17.4 Å². The number of carbonyl (C=O) groups is 2. The van der Waals surface area contributed by atoms with Crippen molar-refractivity contribution in [1.29, 1.82) is 5.41 Å². The summed E-state index contributed by atoms with van der Waals surface area (Å²) in [5.41, 5.74) is 13.1. The SMILES string of the molecule is N=C(N)c1cccc(C(=O)N[C@H](Cc2ccccc2)C(=O)NC2CCC(CN)CC2)c1. The third kappa shape index (κ3) is 6.39. The Morgan fingerprint density at radius 3 is 2.32 bits per heavy atom. The number of hydrogen-bond acceptors (Lipinski definition) is 4. The van der Waals surface area contributed by atoms with E-state index >= 15 is 0 Å². The Morgan fingerprint density at radius 2 is 1.68 bits per heavy atom. The van der Waals surface area contributed by atoms with E-state index in [1.165, 1.54) is 0 Å². The van der Waals surface area contributed by atoms with Crippen molar-refractivity contribution in [1.82, 2.24) is 10.6 Å². The van der Waals surface area contributed by atoms with Crippen molar-refractivity contribution < 1.29 is 9.59 Å². The van der Waals surface area contributed by atoms with Crippen LogP contribution in [0.3, 0.4) is 0 Å². The van der Waals surface area contributed by atoms with E-state index in [2.05, 4.69) is 10.6 Å². The van der Waals surface area contributed by atoms with Crippen LogP contribution in [0, 0.1) is 11.3 Å². The third-order valence-electron chi connectivity index (χ3n) is 5.87. The Kier molecular flexibility index (Phi) is 7.78. The van der Waals surface area contributed by atoms with Crippen LogP contribution in [-0.4, -0.2) is 36.3 Å². The van der Waals surface area contributed by atoms with E-state index in [1.807, 2.05) is 30.3 Å². The summed E-state index contributed by atoms with van der Waals surface area (Å²) >= 11 is 0. The van der Waals surface area contributed by atoms with Crippen LogP contribution in [-0.2, 0) is 11.2 Å². The molecular formula is C24H31N5O2. The quantitative estimate of drug-likeness (QED) is 0.329. The van der Waals surface area contributed by atoms with Crippen LogP contribution in [0.5, 0.6) is 0 Å². The topological polar surface area (TPSA) is 134 Å². The van der Waals surface area contributed by atoms with Crippen LogP contribution in [0.15, 0.2) is 54.6 Å². The van der Waals surface area contributed by atoms with Crippen LogP contribution >= 0.6 is 0 Å². The first kappa shape index (κ1) is 22.5. The molecule has 7 nitrogen and oxygen atoms in total. The van der Waals surface area contributed by atoms with Crippen LogP contribution in [0.4, 0.5) is 0 Å². The van der Waals surface area contributed by atoms with Crippen molar-refractivity contribution in [3.8, 4) is 0 Å². The van der Waals surface area contributed by atoms with Gasteiger partial charge in [-0.3, -0.25) is 15.0 Å². The van der Waals surface area contributed by atoms with Gasteiger partial charge in [0.05, 0.1) is 0 Å². The monoisotopic (exact) mass is 421 g/mol. The van der Waals surface area contributed by atoms with Crippen molar-refractivity contribution in [3.05, 3.63) is 71.3 Å². The molecule has 3 rings (SSSR count). The van der Waals surface area contributed by atoms with E-state index in [9.17, 15) is 9.59 Å². The zero-order valence-corrected chi connectivity index (χ0v) is 17.6. The summed E-state index contributed by atoms with van der Waals surface area (Å²) in [7, 11) is 0. The molecule has 0 radical (unpaired) electrons. The molecule has 1 atom stereocenters. The Balaban J connectivity index is 1.71. The molecule has 2 amide bonds. The van der Waals surface area contributed by atoms with Crippen molar-refractivity contribution in [3.63, 3.8) is 0 Å². The molecule has 0 spiro atoms. The van der Waals surface area contributed by atoms with Gasteiger partial charge in [-0.05, 0) is 55.8 Å². The molecule has 1 aliphatic rings. The zero-order chi connectivity index (χ0) is 22.2. The summed E-state index contributed by atoms with van der Waals surface area (Å²) in [6.07, 6.45) is 4.22. The minimum absolute atomic E-state index is 0.103. The van der Waals surface area contributed by atoms with Crippen LogP contribution in [0.25, 0.3) is 0 Å². The minimum Gasteiger partial charge on any atom is -0.384 e. The predicted molar refractivity (Wildman–Crippen MR) is 122 cm³/mol. The molecule has 1 fully saturated rings. The molecule has 0 heterocycles. The van der Waals surface area contributed by atoms with E-state index in [0.717, 1.165) is 31.2 Å². The van der Waals surface area contributed by atoms with E-state index in [0.29, 0.717) is 30.0 Å². The maximum absolute atomic E-state index is 13.1. The Hall–Kier alpha value is -3.19. The van der Waals surface area contributed by atoms with Crippen LogP contribution < -0.4 is 22.1 Å². The average molecular weight is 422 g/mol. The molecule has 0 aromatic heterocycles. The lowest BCUT2D eigenvalue weighted by molar-refractivity contribution is -0.123. The molecule has 2 aromatic rings. The number of carbonyl (C=O) groups excluding carboxylic acids is 2. The maximum Gasteiger partial charge on any atom is 0.251 e. The fourth-order valence-electron chi connectivity index (χ4n) is 3.97. The molecule has 31 heavy (non-hydrogen) atoms. The highest BCUT2D eigenvalue weighted by Crippen LogP contribution is 2.23. The first-order valence-electron chi connectivity index (χ1n) is 10.8. The van der Waals surface area contributed by atoms with Crippen LogP contribution in [0.1, 0.15) is 47.2 Å². The highest BCUT2D eigenvalue weighted by Gasteiger charge is 2.27. The number of benzene rings is 2. The number of nitrogens with one attached hydrogen (secondary N) is 3. The van der Waals surface area contributed by atoms with E-state index in [1.54, 1.807) is 24.3 Å². The smallest absolute Gasteiger partial charge is 0.251 e. The van der Waals surface area contributed by atoms with Gasteiger partial charge in [0.2, 0.25) is 5.91 Å². The second-order valence-corrected chi connectivity index (χ2v) is 8.17. The standard InChI is InChI=1S/C24H31N5O2/c25-15-17-9-11-20(12-10-17)28-24(31)21(13-16-5-2-1-3-6-16)29-23(30)19-8-4-7-18(14-19)22(26)27/h1-8,14,17,20-21H,9-13,15,25H2,(H3,26,27)(H,28,31)(H,29,30)/t17?,20?,21-/m1/s1. The second kappa shape index (κ2) is 10.7. The summed E-state index contributed by atoms with van der Waals surface area (Å²) < 4.78 is 0. The molecule has 2 aromatic carbocycles. The maximum atomic E-state index is 13.1. The second-order valence-electron chi connectivity index (χ2n) is 8.17. The third-order valence-corrected chi connectivity index (χ3v) is 5.87. The number of amides is 2. The number of nitrogen functional groups attached to an aromatic ring is 1. The number of rotatable bonds is 8. The van der Waals surface area contributed by atoms with Crippen molar-refractivity contribution >= 4 is 17.6 Å². The number of hydrogen-bond donors (Lipinski definition) is 5. The molecule has 1 saturated carbocycles.